The second kappa shape index (κ2) is 6.86. The molecule has 1 aliphatic rings. The van der Waals surface area contributed by atoms with Crippen LogP contribution in [0.3, 0.4) is 0 Å². The van der Waals surface area contributed by atoms with Gasteiger partial charge in [-0.2, -0.15) is 0 Å². The molecule has 0 radical (unpaired) electrons. The topological polar surface area (TPSA) is 52.6 Å². The Labute approximate surface area is 98.0 Å². The van der Waals surface area contributed by atoms with Crippen LogP contribution in [0, 0.1) is 5.92 Å². The summed E-state index contributed by atoms with van der Waals surface area (Å²) in [6.45, 7) is 8.16. The van der Waals surface area contributed by atoms with E-state index in [0.717, 1.165) is 26.1 Å². The van der Waals surface area contributed by atoms with E-state index in [0.29, 0.717) is 5.92 Å². The van der Waals surface area contributed by atoms with Gasteiger partial charge in [0, 0.05) is 6.54 Å². The number of carboxylic acids is 1. The van der Waals surface area contributed by atoms with Gasteiger partial charge in [0.2, 0.25) is 0 Å². The SMILES string of the molecule is CCNC(CC1CCCN(CC)C1)C(=O)O. The Bertz CT molecular complexity index is 221. The summed E-state index contributed by atoms with van der Waals surface area (Å²) in [6.07, 6.45) is 3.14. The van der Waals surface area contributed by atoms with Gasteiger partial charge in [0.1, 0.15) is 6.04 Å². The number of likely N-dealkylation sites (N-methyl/N-ethyl adjacent to an activating group) is 1. The molecule has 1 saturated heterocycles. The largest absolute Gasteiger partial charge is 0.480 e. The summed E-state index contributed by atoms with van der Waals surface area (Å²) in [6, 6.07) is -0.369. The van der Waals surface area contributed by atoms with E-state index in [1.807, 2.05) is 6.92 Å². The van der Waals surface area contributed by atoms with E-state index in [2.05, 4.69) is 17.1 Å². The molecule has 4 heteroatoms. The molecule has 0 bridgehead atoms. The van der Waals surface area contributed by atoms with E-state index in [4.69, 9.17) is 5.11 Å². The molecule has 0 spiro atoms. The fourth-order valence-electron chi connectivity index (χ4n) is 2.48. The van der Waals surface area contributed by atoms with Crippen LogP contribution in [0.5, 0.6) is 0 Å². The van der Waals surface area contributed by atoms with E-state index in [-0.39, 0.29) is 6.04 Å². The van der Waals surface area contributed by atoms with Crippen molar-refractivity contribution in [2.24, 2.45) is 5.92 Å². The number of nitrogens with one attached hydrogen (secondary N) is 1. The van der Waals surface area contributed by atoms with Crippen molar-refractivity contribution in [1.82, 2.24) is 10.2 Å². The fraction of sp³-hybridized carbons (Fsp3) is 0.917. The first-order valence-electron chi connectivity index (χ1n) is 6.35. The van der Waals surface area contributed by atoms with Crippen LogP contribution in [0.1, 0.15) is 33.1 Å². The summed E-state index contributed by atoms with van der Waals surface area (Å²) in [5.74, 6) is -0.177. The van der Waals surface area contributed by atoms with Crippen molar-refractivity contribution in [2.45, 2.75) is 39.2 Å². The van der Waals surface area contributed by atoms with Crippen LogP contribution in [0.4, 0.5) is 0 Å². The lowest BCUT2D eigenvalue weighted by Crippen LogP contribution is -2.42. The molecule has 1 aliphatic heterocycles. The van der Waals surface area contributed by atoms with Crippen LogP contribution in [0.15, 0.2) is 0 Å². The third-order valence-corrected chi connectivity index (χ3v) is 3.37. The van der Waals surface area contributed by atoms with Crippen LogP contribution >= 0.6 is 0 Å². The monoisotopic (exact) mass is 228 g/mol. The maximum absolute atomic E-state index is 11.0. The summed E-state index contributed by atoms with van der Waals surface area (Å²) in [5.41, 5.74) is 0. The van der Waals surface area contributed by atoms with Gasteiger partial charge in [-0.05, 0) is 44.8 Å². The second-order valence-corrected chi connectivity index (χ2v) is 4.59. The highest BCUT2D eigenvalue weighted by Crippen LogP contribution is 2.20. The molecule has 0 aromatic rings. The first kappa shape index (κ1) is 13.5. The lowest BCUT2D eigenvalue weighted by atomic mass is 9.91. The number of rotatable bonds is 6. The van der Waals surface area contributed by atoms with E-state index < -0.39 is 5.97 Å². The van der Waals surface area contributed by atoms with Crippen molar-refractivity contribution in [3.05, 3.63) is 0 Å². The Balaban J connectivity index is 2.41. The normalized spacial score (nSPS) is 24.2. The molecule has 0 aromatic heterocycles. The first-order valence-corrected chi connectivity index (χ1v) is 6.35. The molecule has 0 aromatic carbocycles. The van der Waals surface area contributed by atoms with Crippen LogP contribution in [-0.2, 0) is 4.79 Å². The van der Waals surface area contributed by atoms with E-state index in [1.54, 1.807) is 0 Å². The number of likely N-dealkylation sites (tertiary alicyclic amines) is 1. The summed E-state index contributed by atoms with van der Waals surface area (Å²) in [7, 11) is 0. The van der Waals surface area contributed by atoms with E-state index in [1.165, 1.54) is 19.4 Å². The zero-order chi connectivity index (χ0) is 12.0. The van der Waals surface area contributed by atoms with Crippen molar-refractivity contribution in [3.63, 3.8) is 0 Å². The zero-order valence-corrected chi connectivity index (χ0v) is 10.4. The summed E-state index contributed by atoms with van der Waals surface area (Å²) in [4.78, 5) is 13.5. The number of carboxylic acid groups (broad SMARTS) is 1. The van der Waals surface area contributed by atoms with Gasteiger partial charge in [0.05, 0.1) is 0 Å². The molecule has 1 rings (SSSR count). The second-order valence-electron chi connectivity index (χ2n) is 4.59. The van der Waals surface area contributed by atoms with Gasteiger partial charge in [-0.1, -0.05) is 13.8 Å². The minimum Gasteiger partial charge on any atom is -0.480 e. The third-order valence-electron chi connectivity index (χ3n) is 3.37. The molecule has 2 atom stereocenters. The zero-order valence-electron chi connectivity index (χ0n) is 10.4. The highest BCUT2D eigenvalue weighted by molar-refractivity contribution is 5.73. The number of nitrogens with zero attached hydrogens (tertiary/aromatic N) is 1. The van der Waals surface area contributed by atoms with Gasteiger partial charge in [0.25, 0.3) is 0 Å². The number of piperidine rings is 1. The van der Waals surface area contributed by atoms with Crippen LogP contribution in [0.25, 0.3) is 0 Å². The van der Waals surface area contributed by atoms with Gasteiger partial charge in [-0.15, -0.1) is 0 Å². The molecule has 1 heterocycles. The minimum absolute atomic E-state index is 0.369. The van der Waals surface area contributed by atoms with Crippen molar-refractivity contribution >= 4 is 5.97 Å². The molecule has 94 valence electrons. The molecule has 16 heavy (non-hydrogen) atoms. The third kappa shape index (κ3) is 4.10. The standard InChI is InChI=1S/C12H24N2O2/c1-3-13-11(12(15)16)8-10-6-5-7-14(4-2)9-10/h10-11,13H,3-9H2,1-2H3,(H,15,16). The predicted octanol–water partition coefficient (Wildman–Crippen LogP) is 1.17. The van der Waals surface area contributed by atoms with Crippen molar-refractivity contribution < 1.29 is 9.90 Å². The predicted molar refractivity (Wildman–Crippen MR) is 64.6 cm³/mol. The van der Waals surface area contributed by atoms with Gasteiger partial charge in [-0.3, -0.25) is 4.79 Å². The number of hydrogen-bond donors (Lipinski definition) is 2. The van der Waals surface area contributed by atoms with E-state index >= 15 is 0 Å². The highest BCUT2D eigenvalue weighted by atomic mass is 16.4. The number of hydrogen-bond acceptors (Lipinski definition) is 3. The lowest BCUT2D eigenvalue weighted by Gasteiger charge is -2.33. The average Bonchev–Trinajstić information content (AvgIpc) is 2.28. The molecule has 4 nitrogen and oxygen atoms in total. The fourth-order valence-corrected chi connectivity index (χ4v) is 2.48. The van der Waals surface area contributed by atoms with Gasteiger partial charge >= 0.3 is 5.97 Å². The first-order chi connectivity index (χ1) is 7.67. The molecule has 0 amide bonds. The molecule has 0 saturated carbocycles. The summed E-state index contributed by atoms with van der Waals surface area (Å²) < 4.78 is 0. The molecule has 2 unspecified atom stereocenters. The average molecular weight is 228 g/mol. The Hall–Kier alpha value is -0.610. The molecule has 0 aliphatic carbocycles. The van der Waals surface area contributed by atoms with Gasteiger partial charge in [-0.25, -0.2) is 0 Å². The summed E-state index contributed by atoms with van der Waals surface area (Å²) in [5, 5.41) is 12.1. The lowest BCUT2D eigenvalue weighted by molar-refractivity contribution is -0.140. The van der Waals surface area contributed by atoms with Gasteiger partial charge < -0.3 is 15.3 Å². The Morgan fingerprint density at radius 2 is 2.31 bits per heavy atom. The molecule has 2 N–H and O–H groups in total. The Kier molecular flexibility index (Phi) is 5.77. The smallest absolute Gasteiger partial charge is 0.320 e. The van der Waals surface area contributed by atoms with Crippen molar-refractivity contribution in [1.29, 1.82) is 0 Å². The number of carbonyl (C=O) groups is 1. The highest BCUT2D eigenvalue weighted by Gasteiger charge is 2.25. The molecular formula is C12H24N2O2. The van der Waals surface area contributed by atoms with Crippen LogP contribution < -0.4 is 5.32 Å². The number of aliphatic carboxylic acids is 1. The Morgan fingerprint density at radius 1 is 1.56 bits per heavy atom. The maximum atomic E-state index is 11.0. The van der Waals surface area contributed by atoms with Gasteiger partial charge in [0.15, 0.2) is 0 Å². The van der Waals surface area contributed by atoms with Crippen molar-refractivity contribution in [3.8, 4) is 0 Å². The summed E-state index contributed by atoms with van der Waals surface area (Å²) >= 11 is 0. The van der Waals surface area contributed by atoms with Crippen LogP contribution in [-0.4, -0.2) is 48.2 Å². The quantitative estimate of drug-likeness (QED) is 0.716. The molecule has 1 fully saturated rings. The van der Waals surface area contributed by atoms with E-state index in [9.17, 15) is 4.79 Å². The maximum Gasteiger partial charge on any atom is 0.320 e. The minimum atomic E-state index is -0.713. The van der Waals surface area contributed by atoms with Crippen molar-refractivity contribution in [2.75, 3.05) is 26.2 Å². The van der Waals surface area contributed by atoms with Crippen LogP contribution in [0.2, 0.25) is 0 Å². The Morgan fingerprint density at radius 3 is 2.88 bits per heavy atom. The molecular weight excluding hydrogens is 204 g/mol.